The van der Waals surface area contributed by atoms with E-state index < -0.39 is 0 Å². The molecule has 1 aliphatic rings. The topological polar surface area (TPSA) is 56.1 Å². The van der Waals surface area contributed by atoms with Crippen molar-refractivity contribution in [1.29, 1.82) is 0 Å². The molecule has 0 saturated heterocycles. The number of aromatic nitrogens is 4. The van der Waals surface area contributed by atoms with Gasteiger partial charge in [-0.05, 0) is 31.5 Å². The van der Waals surface area contributed by atoms with E-state index in [1.807, 2.05) is 50.1 Å². The van der Waals surface area contributed by atoms with Crippen LogP contribution in [0.3, 0.4) is 0 Å². The number of fused-ring (bicyclic) bond motifs is 1. The fourth-order valence-electron chi connectivity index (χ4n) is 3.56. The second kappa shape index (κ2) is 6.44. The second-order valence-corrected chi connectivity index (χ2v) is 6.84. The maximum absolute atomic E-state index is 6.04. The molecule has 0 saturated carbocycles. The summed E-state index contributed by atoms with van der Waals surface area (Å²) >= 11 is 0. The first kappa shape index (κ1) is 16.6. The minimum atomic E-state index is 0.117. The van der Waals surface area contributed by atoms with Crippen molar-refractivity contribution in [3.05, 3.63) is 53.5 Å². The lowest BCUT2D eigenvalue weighted by atomic mass is 10.1. The minimum absolute atomic E-state index is 0.117. The van der Waals surface area contributed by atoms with Crippen molar-refractivity contribution >= 4 is 5.95 Å². The third-order valence-electron chi connectivity index (χ3n) is 4.94. The predicted octanol–water partition coefficient (Wildman–Crippen LogP) is 2.93. The molecule has 0 N–H and O–H groups in total. The van der Waals surface area contributed by atoms with Crippen molar-refractivity contribution in [2.24, 2.45) is 7.05 Å². The number of hydrogen-bond acceptors (Lipinski definition) is 5. The largest absolute Gasteiger partial charge is 0.488 e. The molecule has 2 aromatic heterocycles. The summed E-state index contributed by atoms with van der Waals surface area (Å²) in [7, 11) is 3.96. The highest BCUT2D eigenvalue weighted by molar-refractivity contribution is 5.65. The van der Waals surface area contributed by atoms with E-state index in [-0.39, 0.29) is 6.10 Å². The molecule has 4 rings (SSSR count). The first-order valence-corrected chi connectivity index (χ1v) is 8.82. The first-order valence-electron chi connectivity index (χ1n) is 8.82. The Morgan fingerprint density at radius 2 is 2.04 bits per heavy atom. The third-order valence-corrected chi connectivity index (χ3v) is 4.94. The van der Waals surface area contributed by atoms with E-state index in [1.165, 1.54) is 5.56 Å². The summed E-state index contributed by atoms with van der Waals surface area (Å²) in [5, 5.41) is 4.49. The number of hydrogen-bond donors (Lipinski definition) is 0. The molecule has 0 radical (unpaired) electrons. The normalized spacial score (nSPS) is 15.6. The Bertz CT molecular complexity index is 924. The van der Waals surface area contributed by atoms with E-state index in [2.05, 4.69) is 34.0 Å². The van der Waals surface area contributed by atoms with E-state index in [4.69, 9.17) is 9.72 Å². The summed E-state index contributed by atoms with van der Waals surface area (Å²) in [5.74, 6) is 1.69. The van der Waals surface area contributed by atoms with Gasteiger partial charge < -0.3 is 9.64 Å². The highest BCUT2D eigenvalue weighted by atomic mass is 16.5. The van der Waals surface area contributed by atoms with Crippen molar-refractivity contribution in [3.63, 3.8) is 0 Å². The van der Waals surface area contributed by atoms with Crippen LogP contribution in [0.4, 0.5) is 5.95 Å². The summed E-state index contributed by atoms with van der Waals surface area (Å²) in [6.07, 6.45) is 2.84. The molecule has 26 heavy (non-hydrogen) atoms. The number of aryl methyl sites for hydroxylation is 2. The number of ether oxygens (including phenoxy) is 1. The molecule has 3 heterocycles. The average Bonchev–Trinajstić information content (AvgIpc) is 3.14. The molecule has 6 heteroatoms. The van der Waals surface area contributed by atoms with Gasteiger partial charge in [-0.3, -0.25) is 4.68 Å². The smallest absolute Gasteiger partial charge is 0.225 e. The molecule has 0 amide bonds. The standard InChI is InChI=1S/C20H23N5O/c1-13-19(14(2)25(4)23-13)17-9-10-21-20(22-17)24(3)12-16-11-15-7-5-6-8-18(15)26-16/h5-10,16H,11-12H2,1-4H3. The van der Waals surface area contributed by atoms with Gasteiger partial charge in [-0.15, -0.1) is 0 Å². The molecule has 0 spiro atoms. The van der Waals surface area contributed by atoms with E-state index in [0.29, 0.717) is 5.95 Å². The van der Waals surface area contributed by atoms with Crippen molar-refractivity contribution < 1.29 is 4.74 Å². The highest BCUT2D eigenvalue weighted by Crippen LogP contribution is 2.29. The third kappa shape index (κ3) is 2.92. The highest BCUT2D eigenvalue weighted by Gasteiger charge is 2.24. The summed E-state index contributed by atoms with van der Waals surface area (Å²) in [5.41, 5.74) is 5.33. The van der Waals surface area contributed by atoms with Crippen LogP contribution in [0.15, 0.2) is 36.5 Å². The SMILES string of the molecule is Cc1nn(C)c(C)c1-c1ccnc(N(C)CC2Cc3ccccc3O2)n1. The zero-order chi connectivity index (χ0) is 18.3. The molecular formula is C20H23N5O. The molecule has 3 aromatic rings. The molecule has 0 aliphatic carbocycles. The quantitative estimate of drug-likeness (QED) is 0.725. The van der Waals surface area contributed by atoms with Crippen molar-refractivity contribution in [2.45, 2.75) is 26.4 Å². The van der Waals surface area contributed by atoms with Crippen LogP contribution in [-0.4, -0.2) is 39.4 Å². The molecule has 1 atom stereocenters. The number of likely N-dealkylation sites (N-methyl/N-ethyl adjacent to an activating group) is 1. The van der Waals surface area contributed by atoms with Crippen molar-refractivity contribution in [3.8, 4) is 17.0 Å². The number of benzene rings is 1. The maximum Gasteiger partial charge on any atom is 0.225 e. The number of nitrogens with zero attached hydrogens (tertiary/aromatic N) is 5. The van der Waals surface area contributed by atoms with E-state index in [0.717, 1.165) is 41.4 Å². The predicted molar refractivity (Wildman–Crippen MR) is 102 cm³/mol. The van der Waals surface area contributed by atoms with Gasteiger partial charge >= 0.3 is 0 Å². The molecular weight excluding hydrogens is 326 g/mol. The van der Waals surface area contributed by atoms with Gasteiger partial charge in [0.25, 0.3) is 0 Å². The van der Waals surface area contributed by atoms with Crippen LogP contribution in [0.5, 0.6) is 5.75 Å². The average molecular weight is 349 g/mol. The lowest BCUT2D eigenvalue weighted by Crippen LogP contribution is -2.33. The fourth-order valence-corrected chi connectivity index (χ4v) is 3.56. The lowest BCUT2D eigenvalue weighted by molar-refractivity contribution is 0.238. The molecule has 1 unspecified atom stereocenters. The Balaban J connectivity index is 1.53. The summed E-state index contributed by atoms with van der Waals surface area (Å²) < 4.78 is 7.93. The van der Waals surface area contributed by atoms with Gasteiger partial charge in [-0.25, -0.2) is 9.97 Å². The monoisotopic (exact) mass is 349 g/mol. The summed E-state index contributed by atoms with van der Waals surface area (Å²) in [4.78, 5) is 11.3. The van der Waals surface area contributed by atoms with Crippen LogP contribution in [-0.2, 0) is 13.5 Å². The molecule has 134 valence electrons. The van der Waals surface area contributed by atoms with Crippen LogP contribution in [0.2, 0.25) is 0 Å². The fraction of sp³-hybridized carbons (Fsp3) is 0.350. The Labute approximate surface area is 153 Å². The molecule has 0 bridgehead atoms. The molecule has 1 aromatic carbocycles. The Morgan fingerprint density at radius 3 is 2.77 bits per heavy atom. The first-order chi connectivity index (χ1) is 12.5. The molecule has 0 fully saturated rings. The maximum atomic E-state index is 6.04. The van der Waals surface area contributed by atoms with Gasteiger partial charge in [-0.2, -0.15) is 5.10 Å². The van der Waals surface area contributed by atoms with Gasteiger partial charge in [0.05, 0.1) is 17.9 Å². The molecule has 1 aliphatic heterocycles. The zero-order valence-corrected chi connectivity index (χ0v) is 15.6. The Morgan fingerprint density at radius 1 is 1.23 bits per heavy atom. The molecule has 6 nitrogen and oxygen atoms in total. The summed E-state index contributed by atoms with van der Waals surface area (Å²) in [6.45, 7) is 4.81. The number of para-hydroxylation sites is 1. The zero-order valence-electron chi connectivity index (χ0n) is 15.6. The van der Waals surface area contributed by atoms with Gasteiger partial charge in [0, 0.05) is 38.0 Å². The van der Waals surface area contributed by atoms with Crippen LogP contribution >= 0.6 is 0 Å². The van der Waals surface area contributed by atoms with Gasteiger partial charge in [-0.1, -0.05) is 18.2 Å². The van der Waals surface area contributed by atoms with Crippen LogP contribution in [0, 0.1) is 13.8 Å². The van der Waals surface area contributed by atoms with E-state index in [9.17, 15) is 0 Å². The van der Waals surface area contributed by atoms with Crippen molar-refractivity contribution in [2.75, 3.05) is 18.5 Å². The van der Waals surface area contributed by atoms with E-state index >= 15 is 0 Å². The minimum Gasteiger partial charge on any atom is -0.488 e. The van der Waals surface area contributed by atoms with Crippen LogP contribution in [0.1, 0.15) is 17.0 Å². The summed E-state index contributed by atoms with van der Waals surface area (Å²) in [6, 6.07) is 10.2. The lowest BCUT2D eigenvalue weighted by Gasteiger charge is -2.21. The van der Waals surface area contributed by atoms with Crippen molar-refractivity contribution in [1.82, 2.24) is 19.7 Å². The van der Waals surface area contributed by atoms with Crippen LogP contribution < -0.4 is 9.64 Å². The Hall–Kier alpha value is -2.89. The van der Waals surface area contributed by atoms with Gasteiger partial charge in [0.15, 0.2) is 0 Å². The second-order valence-electron chi connectivity index (χ2n) is 6.84. The van der Waals surface area contributed by atoms with E-state index in [1.54, 1.807) is 0 Å². The van der Waals surface area contributed by atoms with Gasteiger partial charge in [0.2, 0.25) is 5.95 Å². The number of rotatable bonds is 4. The number of anilines is 1. The van der Waals surface area contributed by atoms with Gasteiger partial charge in [0.1, 0.15) is 11.9 Å². The van der Waals surface area contributed by atoms with Crippen LogP contribution in [0.25, 0.3) is 11.3 Å². The Kier molecular flexibility index (Phi) is 4.11.